The Labute approximate surface area is 157 Å². The zero-order valence-electron chi connectivity index (χ0n) is 15.0. The Bertz CT molecular complexity index is 903. The molecule has 0 saturated heterocycles. The second-order valence-corrected chi connectivity index (χ2v) is 9.49. The first kappa shape index (κ1) is 18.9. The molecular weight excluding hydrogens is 372 g/mol. The molecule has 1 heterocycles. The maximum absolute atomic E-state index is 12.7. The number of rotatable bonds is 8. The fourth-order valence-electron chi connectivity index (χ4n) is 2.69. The molecule has 1 saturated carbocycles. The molecular formula is C17H22N4O3S2. The molecule has 1 fully saturated rings. The third kappa shape index (κ3) is 4.45. The van der Waals surface area contributed by atoms with Crippen LogP contribution in [0.5, 0.6) is 0 Å². The van der Waals surface area contributed by atoms with Gasteiger partial charge in [-0.25, -0.2) is 8.42 Å². The van der Waals surface area contributed by atoms with Crippen molar-refractivity contribution in [3.63, 3.8) is 0 Å². The van der Waals surface area contributed by atoms with Gasteiger partial charge in [0.2, 0.25) is 10.0 Å². The molecule has 1 aliphatic carbocycles. The van der Waals surface area contributed by atoms with Crippen LogP contribution in [0.15, 0.2) is 29.4 Å². The molecule has 3 rings (SSSR count). The Balaban J connectivity index is 1.70. The quantitative estimate of drug-likeness (QED) is 0.546. The van der Waals surface area contributed by atoms with Crippen LogP contribution < -0.4 is 4.72 Å². The monoisotopic (exact) mass is 394 g/mol. The number of nitrogens with zero attached hydrogens (tertiary/aromatic N) is 3. The van der Waals surface area contributed by atoms with Crippen molar-refractivity contribution in [2.24, 2.45) is 0 Å². The fraction of sp³-hybridized carbons (Fsp3) is 0.471. The average Bonchev–Trinajstić information content (AvgIpc) is 3.34. The molecule has 0 bridgehead atoms. The number of carbonyl (C=O) groups is 1. The average molecular weight is 395 g/mol. The largest absolute Gasteiger partial charge is 0.306 e. The van der Waals surface area contributed by atoms with Gasteiger partial charge in [-0.15, -0.1) is 10.2 Å². The molecule has 7 nitrogen and oxygen atoms in total. The lowest BCUT2D eigenvalue weighted by Gasteiger charge is -2.12. The number of sulfonamides is 1. The highest BCUT2D eigenvalue weighted by Gasteiger charge is 2.30. The molecule has 1 aromatic carbocycles. The molecule has 1 aliphatic rings. The van der Waals surface area contributed by atoms with E-state index in [1.165, 1.54) is 11.8 Å². The molecule has 0 amide bonds. The summed E-state index contributed by atoms with van der Waals surface area (Å²) in [5.74, 6) is 1.50. The summed E-state index contributed by atoms with van der Waals surface area (Å²) in [6.45, 7) is 4.69. The van der Waals surface area contributed by atoms with Gasteiger partial charge in [0.1, 0.15) is 5.82 Å². The topological polar surface area (TPSA) is 94.0 Å². The number of benzene rings is 1. The number of ketones is 1. The van der Waals surface area contributed by atoms with Gasteiger partial charge in [0.25, 0.3) is 0 Å². The van der Waals surface area contributed by atoms with Crippen LogP contribution >= 0.6 is 11.8 Å². The van der Waals surface area contributed by atoms with Crippen LogP contribution in [-0.2, 0) is 16.6 Å². The van der Waals surface area contributed by atoms with Crippen molar-refractivity contribution in [1.29, 1.82) is 0 Å². The minimum atomic E-state index is -3.33. The van der Waals surface area contributed by atoms with Crippen molar-refractivity contribution >= 4 is 33.3 Å². The third-order valence-electron chi connectivity index (χ3n) is 4.13. The lowest BCUT2D eigenvalue weighted by Crippen LogP contribution is -2.15. The second-order valence-electron chi connectivity index (χ2n) is 6.44. The Hall–Kier alpha value is -1.87. The first-order valence-electron chi connectivity index (χ1n) is 8.50. The van der Waals surface area contributed by atoms with Crippen LogP contribution in [0.4, 0.5) is 5.69 Å². The molecule has 26 heavy (non-hydrogen) atoms. The Kier molecular flexibility index (Phi) is 5.38. The van der Waals surface area contributed by atoms with Gasteiger partial charge < -0.3 is 4.57 Å². The van der Waals surface area contributed by atoms with E-state index in [9.17, 15) is 13.2 Å². The first-order chi connectivity index (χ1) is 12.3. The van der Waals surface area contributed by atoms with Gasteiger partial charge in [-0.3, -0.25) is 9.52 Å². The number of nitrogens with one attached hydrogen (secondary N) is 1. The molecule has 0 aliphatic heterocycles. The van der Waals surface area contributed by atoms with E-state index < -0.39 is 10.0 Å². The van der Waals surface area contributed by atoms with E-state index in [0.717, 1.165) is 36.6 Å². The van der Waals surface area contributed by atoms with Crippen LogP contribution in [-0.4, -0.2) is 40.5 Å². The molecule has 1 aromatic heterocycles. The lowest BCUT2D eigenvalue weighted by atomic mass is 10.1. The minimum absolute atomic E-state index is 0.0282. The molecule has 9 heteroatoms. The van der Waals surface area contributed by atoms with E-state index in [0.29, 0.717) is 17.2 Å². The Morgan fingerprint density at radius 2 is 1.96 bits per heavy atom. The van der Waals surface area contributed by atoms with Gasteiger partial charge in [0.15, 0.2) is 10.9 Å². The molecule has 0 spiro atoms. The summed E-state index contributed by atoms with van der Waals surface area (Å²) in [6.07, 6.45) is 3.40. The predicted octanol–water partition coefficient (Wildman–Crippen LogP) is 2.91. The highest BCUT2D eigenvalue weighted by atomic mass is 32.2. The van der Waals surface area contributed by atoms with Crippen LogP contribution in [0, 0.1) is 0 Å². The van der Waals surface area contributed by atoms with Gasteiger partial charge in [0, 0.05) is 23.7 Å². The van der Waals surface area contributed by atoms with E-state index >= 15 is 0 Å². The van der Waals surface area contributed by atoms with Crippen molar-refractivity contribution in [3.8, 4) is 0 Å². The fourth-order valence-corrected chi connectivity index (χ4v) is 4.25. The van der Waals surface area contributed by atoms with Gasteiger partial charge in [-0.05, 0) is 51.0 Å². The molecule has 0 unspecified atom stereocenters. The van der Waals surface area contributed by atoms with Gasteiger partial charge in [-0.1, -0.05) is 11.8 Å². The molecule has 0 radical (unpaired) electrons. The van der Waals surface area contributed by atoms with Crippen LogP contribution in [0.3, 0.4) is 0 Å². The molecule has 2 aromatic rings. The van der Waals surface area contributed by atoms with Crippen molar-refractivity contribution in [1.82, 2.24) is 14.8 Å². The van der Waals surface area contributed by atoms with E-state index in [1.54, 1.807) is 24.3 Å². The smallest absolute Gasteiger partial charge is 0.229 e. The normalized spacial score (nSPS) is 15.7. The summed E-state index contributed by atoms with van der Waals surface area (Å²) >= 11 is 1.41. The van der Waals surface area contributed by atoms with Gasteiger partial charge in [0.05, 0.1) is 11.5 Å². The van der Waals surface area contributed by atoms with E-state index in [2.05, 4.69) is 26.4 Å². The highest BCUT2D eigenvalue weighted by Crippen LogP contribution is 2.40. The summed E-state index contributed by atoms with van der Waals surface area (Å²) in [7, 11) is -3.33. The number of anilines is 1. The zero-order chi connectivity index (χ0) is 18.9. The summed E-state index contributed by atoms with van der Waals surface area (Å²) < 4.78 is 27.0. The number of hydrogen-bond donors (Lipinski definition) is 1. The van der Waals surface area contributed by atoms with Crippen molar-refractivity contribution in [3.05, 3.63) is 35.7 Å². The molecule has 1 N–H and O–H groups in total. The number of aromatic nitrogens is 3. The van der Waals surface area contributed by atoms with Gasteiger partial charge >= 0.3 is 0 Å². The molecule has 1 atom stereocenters. The third-order valence-corrected chi connectivity index (χ3v) is 5.82. The van der Waals surface area contributed by atoms with E-state index in [1.807, 2.05) is 6.92 Å². The number of Topliss-reactive ketones (excluding diaryl/α,β-unsaturated/α-hetero) is 1. The second kappa shape index (κ2) is 7.40. The van der Waals surface area contributed by atoms with E-state index in [4.69, 9.17) is 0 Å². The standard InChI is InChI=1S/C17H22N4O3S2/c1-4-21-16(13-5-6-13)18-19-17(21)25-11(2)15(22)12-7-9-14(10-8-12)20-26(3,23)24/h7-11,13,20H,4-6H2,1-3H3/t11-/m0/s1. The zero-order valence-corrected chi connectivity index (χ0v) is 16.6. The maximum atomic E-state index is 12.7. The van der Waals surface area contributed by atoms with Gasteiger partial charge in [-0.2, -0.15) is 0 Å². The van der Waals surface area contributed by atoms with E-state index in [-0.39, 0.29) is 11.0 Å². The van der Waals surface area contributed by atoms with Crippen molar-refractivity contribution < 1.29 is 13.2 Å². The number of hydrogen-bond acceptors (Lipinski definition) is 6. The predicted molar refractivity (Wildman–Crippen MR) is 102 cm³/mol. The van der Waals surface area contributed by atoms with Crippen molar-refractivity contribution in [2.45, 2.75) is 49.6 Å². The van der Waals surface area contributed by atoms with Crippen LogP contribution in [0.2, 0.25) is 0 Å². The number of carbonyl (C=O) groups excluding carboxylic acids is 1. The SMILES string of the molecule is CCn1c(S[C@@H](C)C(=O)c2ccc(NS(C)(=O)=O)cc2)nnc1C1CC1. The summed E-state index contributed by atoms with van der Waals surface area (Å²) in [6, 6.07) is 6.44. The summed E-state index contributed by atoms with van der Waals surface area (Å²) in [5.41, 5.74) is 0.971. The highest BCUT2D eigenvalue weighted by molar-refractivity contribution is 8.00. The number of thioether (sulfide) groups is 1. The van der Waals surface area contributed by atoms with Crippen molar-refractivity contribution in [2.75, 3.05) is 11.0 Å². The maximum Gasteiger partial charge on any atom is 0.229 e. The Morgan fingerprint density at radius 3 is 2.50 bits per heavy atom. The minimum Gasteiger partial charge on any atom is -0.306 e. The first-order valence-corrected chi connectivity index (χ1v) is 11.3. The summed E-state index contributed by atoms with van der Waals surface area (Å²) in [4.78, 5) is 12.7. The van der Waals surface area contributed by atoms with Crippen LogP contribution in [0.1, 0.15) is 48.8 Å². The lowest BCUT2D eigenvalue weighted by molar-refractivity contribution is 0.0994. The van der Waals surface area contributed by atoms with Crippen LogP contribution in [0.25, 0.3) is 0 Å². The summed E-state index contributed by atoms with van der Waals surface area (Å²) in [5, 5.41) is 9.02. The molecule has 140 valence electrons. The Morgan fingerprint density at radius 1 is 1.31 bits per heavy atom.